The monoisotopic (exact) mass is 450 g/mol. The van der Waals surface area contributed by atoms with Gasteiger partial charge in [0.15, 0.2) is 0 Å². The highest BCUT2D eigenvalue weighted by Crippen LogP contribution is 2.28. The van der Waals surface area contributed by atoms with Crippen molar-refractivity contribution < 1.29 is 13.2 Å². The highest BCUT2D eigenvalue weighted by Gasteiger charge is 2.21. The standard InChI is InChI=1S/C23H31ClN2O3S/c1-17(2)16-21(19-10-6-5-7-11-19)25-23(27)14-9-15-26(30(4,28)29)22-13-8-12-20(24)18(22)3/h5-8,10-13,17,21H,9,14-16H2,1-4H3,(H,25,27). The van der Waals surface area contributed by atoms with E-state index in [4.69, 9.17) is 11.6 Å². The Morgan fingerprint density at radius 2 is 1.77 bits per heavy atom. The predicted octanol–water partition coefficient (Wildman–Crippen LogP) is 5.10. The van der Waals surface area contributed by atoms with Gasteiger partial charge in [-0.05, 0) is 48.9 Å². The summed E-state index contributed by atoms with van der Waals surface area (Å²) in [6, 6.07) is 15.0. The maximum Gasteiger partial charge on any atom is 0.232 e. The van der Waals surface area contributed by atoms with Crippen molar-refractivity contribution in [3.8, 4) is 0 Å². The third-order valence-corrected chi connectivity index (χ3v) is 6.51. The number of hydrogen-bond acceptors (Lipinski definition) is 3. The highest BCUT2D eigenvalue weighted by atomic mass is 35.5. The van der Waals surface area contributed by atoms with Gasteiger partial charge in [0.2, 0.25) is 15.9 Å². The van der Waals surface area contributed by atoms with Crippen LogP contribution in [0.4, 0.5) is 5.69 Å². The molecule has 30 heavy (non-hydrogen) atoms. The van der Waals surface area contributed by atoms with Crippen molar-refractivity contribution >= 4 is 33.2 Å². The van der Waals surface area contributed by atoms with Gasteiger partial charge in [-0.25, -0.2) is 8.42 Å². The van der Waals surface area contributed by atoms with Crippen LogP contribution >= 0.6 is 11.6 Å². The molecular formula is C23H31ClN2O3S. The normalized spacial score (nSPS) is 12.6. The molecule has 1 atom stereocenters. The Morgan fingerprint density at radius 1 is 1.10 bits per heavy atom. The molecule has 2 aromatic rings. The van der Waals surface area contributed by atoms with Crippen molar-refractivity contribution in [1.29, 1.82) is 0 Å². The Morgan fingerprint density at radius 3 is 2.37 bits per heavy atom. The molecule has 7 heteroatoms. The lowest BCUT2D eigenvalue weighted by molar-refractivity contribution is -0.122. The van der Waals surface area contributed by atoms with Crippen molar-refractivity contribution in [3.63, 3.8) is 0 Å². The van der Waals surface area contributed by atoms with Gasteiger partial charge in [-0.3, -0.25) is 9.10 Å². The van der Waals surface area contributed by atoms with Crippen molar-refractivity contribution in [2.24, 2.45) is 5.92 Å². The zero-order chi connectivity index (χ0) is 22.3. The molecule has 5 nitrogen and oxygen atoms in total. The lowest BCUT2D eigenvalue weighted by Gasteiger charge is -2.25. The number of nitrogens with zero attached hydrogens (tertiary/aromatic N) is 1. The molecule has 0 spiro atoms. The molecular weight excluding hydrogens is 420 g/mol. The van der Waals surface area contributed by atoms with Gasteiger partial charge < -0.3 is 5.32 Å². The van der Waals surface area contributed by atoms with Crippen LogP contribution in [0.3, 0.4) is 0 Å². The summed E-state index contributed by atoms with van der Waals surface area (Å²) in [6.07, 6.45) is 2.66. The summed E-state index contributed by atoms with van der Waals surface area (Å²) in [5, 5.41) is 3.62. The smallest absolute Gasteiger partial charge is 0.232 e. The molecule has 0 saturated carbocycles. The average Bonchev–Trinajstić information content (AvgIpc) is 2.67. The van der Waals surface area contributed by atoms with Crippen molar-refractivity contribution in [3.05, 3.63) is 64.7 Å². The van der Waals surface area contributed by atoms with Crippen LogP contribution in [-0.2, 0) is 14.8 Å². The fourth-order valence-corrected chi connectivity index (χ4v) is 4.60. The molecule has 0 bridgehead atoms. The van der Waals surface area contributed by atoms with Crippen LogP contribution in [0.2, 0.25) is 5.02 Å². The summed E-state index contributed by atoms with van der Waals surface area (Å²) < 4.78 is 26.0. The van der Waals surface area contributed by atoms with E-state index < -0.39 is 10.0 Å². The van der Waals surface area contributed by atoms with Crippen LogP contribution < -0.4 is 9.62 Å². The molecule has 0 aliphatic rings. The first-order valence-corrected chi connectivity index (χ1v) is 12.4. The van der Waals surface area contributed by atoms with E-state index >= 15 is 0 Å². The van der Waals surface area contributed by atoms with Crippen LogP contribution in [-0.4, -0.2) is 27.1 Å². The number of carbonyl (C=O) groups is 1. The molecule has 0 aliphatic heterocycles. The fourth-order valence-electron chi connectivity index (χ4n) is 3.42. The van der Waals surface area contributed by atoms with Gasteiger partial charge in [0.25, 0.3) is 0 Å². The van der Waals surface area contributed by atoms with Crippen molar-refractivity contribution in [2.45, 2.75) is 46.1 Å². The second-order valence-corrected chi connectivity index (χ2v) is 10.3. The summed E-state index contributed by atoms with van der Waals surface area (Å²) in [4.78, 5) is 12.6. The largest absolute Gasteiger partial charge is 0.349 e. The Hall–Kier alpha value is -2.05. The molecule has 164 valence electrons. The first kappa shape index (κ1) is 24.2. The number of sulfonamides is 1. The second kappa shape index (κ2) is 10.8. The zero-order valence-corrected chi connectivity index (χ0v) is 19.6. The molecule has 1 unspecified atom stereocenters. The van der Waals surface area contributed by atoms with E-state index in [1.54, 1.807) is 25.1 Å². The van der Waals surface area contributed by atoms with Crippen molar-refractivity contribution in [1.82, 2.24) is 5.32 Å². The zero-order valence-electron chi connectivity index (χ0n) is 18.1. The molecule has 0 heterocycles. The van der Waals surface area contributed by atoms with Gasteiger partial charge in [0, 0.05) is 18.0 Å². The molecule has 0 aromatic heterocycles. The third-order valence-electron chi connectivity index (χ3n) is 4.92. The minimum Gasteiger partial charge on any atom is -0.349 e. The van der Waals surface area contributed by atoms with Gasteiger partial charge in [-0.15, -0.1) is 0 Å². The number of benzene rings is 2. The molecule has 2 aromatic carbocycles. The SMILES string of the molecule is Cc1c(Cl)cccc1N(CCCC(=O)NC(CC(C)C)c1ccccc1)S(C)(=O)=O. The van der Waals surface area contributed by atoms with E-state index in [0.29, 0.717) is 28.6 Å². The molecule has 1 N–H and O–H groups in total. The summed E-state index contributed by atoms with van der Waals surface area (Å²) in [6.45, 7) is 6.26. The topological polar surface area (TPSA) is 66.5 Å². The Kier molecular flexibility index (Phi) is 8.74. The summed E-state index contributed by atoms with van der Waals surface area (Å²) >= 11 is 6.16. The molecule has 0 fully saturated rings. The number of nitrogens with one attached hydrogen (secondary N) is 1. The first-order chi connectivity index (χ1) is 14.1. The molecule has 2 rings (SSSR count). The Labute approximate surface area is 185 Å². The van der Waals surface area contributed by atoms with E-state index in [-0.39, 0.29) is 24.9 Å². The number of carbonyl (C=O) groups excluding carboxylic acids is 1. The number of halogens is 1. The van der Waals surface area contributed by atoms with Gasteiger partial charge in [-0.1, -0.05) is 61.8 Å². The van der Waals surface area contributed by atoms with Crippen LogP contribution in [0.5, 0.6) is 0 Å². The summed E-state index contributed by atoms with van der Waals surface area (Å²) in [5.74, 6) is 0.350. The fraction of sp³-hybridized carbons (Fsp3) is 0.435. The summed E-state index contributed by atoms with van der Waals surface area (Å²) in [7, 11) is -3.49. The van der Waals surface area contributed by atoms with Gasteiger partial charge in [0.1, 0.15) is 0 Å². The number of anilines is 1. The van der Waals surface area contributed by atoms with E-state index in [9.17, 15) is 13.2 Å². The van der Waals surface area contributed by atoms with Gasteiger partial charge >= 0.3 is 0 Å². The van der Waals surface area contributed by atoms with Crippen LogP contribution in [0, 0.1) is 12.8 Å². The quantitative estimate of drug-likeness (QED) is 0.547. The van der Waals surface area contributed by atoms with Crippen LogP contribution in [0.15, 0.2) is 48.5 Å². The van der Waals surface area contributed by atoms with Crippen LogP contribution in [0.25, 0.3) is 0 Å². The number of rotatable bonds is 10. The maximum absolute atomic E-state index is 12.6. The highest BCUT2D eigenvalue weighted by molar-refractivity contribution is 7.92. The van der Waals surface area contributed by atoms with Gasteiger partial charge in [0.05, 0.1) is 18.0 Å². The Balaban J connectivity index is 2.03. The molecule has 0 aliphatic carbocycles. The van der Waals surface area contributed by atoms with E-state index in [0.717, 1.165) is 12.0 Å². The molecule has 0 saturated heterocycles. The van der Waals surface area contributed by atoms with Crippen molar-refractivity contribution in [2.75, 3.05) is 17.1 Å². The average molecular weight is 451 g/mol. The third kappa shape index (κ3) is 7.03. The number of amides is 1. The number of hydrogen-bond donors (Lipinski definition) is 1. The lowest BCUT2D eigenvalue weighted by atomic mass is 9.97. The molecule has 1 amide bonds. The predicted molar refractivity (Wildman–Crippen MR) is 124 cm³/mol. The second-order valence-electron chi connectivity index (χ2n) is 7.98. The maximum atomic E-state index is 12.6. The van der Waals surface area contributed by atoms with E-state index in [2.05, 4.69) is 19.2 Å². The minimum atomic E-state index is -3.49. The van der Waals surface area contributed by atoms with Gasteiger partial charge in [-0.2, -0.15) is 0 Å². The summed E-state index contributed by atoms with van der Waals surface area (Å²) in [5.41, 5.74) is 2.33. The van der Waals surface area contributed by atoms with E-state index in [1.807, 2.05) is 30.3 Å². The lowest BCUT2D eigenvalue weighted by Crippen LogP contribution is -2.33. The Bertz CT molecular complexity index is 946. The van der Waals surface area contributed by atoms with Crippen LogP contribution in [0.1, 0.15) is 50.3 Å². The van der Waals surface area contributed by atoms with E-state index in [1.165, 1.54) is 10.6 Å². The minimum absolute atomic E-state index is 0.0557. The molecule has 0 radical (unpaired) electrons. The first-order valence-electron chi connectivity index (χ1n) is 10.2.